The average molecular weight is 428 g/mol. The molecule has 2 aromatic rings. The number of benzene rings is 2. The highest BCUT2D eigenvalue weighted by atomic mass is 16.7. The topological polar surface area (TPSA) is 83.5 Å². The van der Waals surface area contributed by atoms with Crippen molar-refractivity contribution >= 4 is 5.97 Å². The summed E-state index contributed by atoms with van der Waals surface area (Å²) in [5, 5.41) is 11.0. The number of carbonyl (C=O) groups excluding carboxylic acids is 1. The van der Waals surface area contributed by atoms with Crippen molar-refractivity contribution in [2.24, 2.45) is 0 Å². The molecule has 2 aromatic carbocycles. The zero-order valence-electron chi connectivity index (χ0n) is 17.5. The lowest BCUT2D eigenvalue weighted by Gasteiger charge is -2.43. The Labute approximate surface area is 182 Å². The molecule has 0 bridgehead atoms. The molecule has 1 saturated heterocycles. The van der Waals surface area contributed by atoms with E-state index >= 15 is 0 Å². The van der Waals surface area contributed by atoms with Crippen molar-refractivity contribution in [2.75, 3.05) is 13.7 Å². The van der Waals surface area contributed by atoms with Gasteiger partial charge in [0.2, 0.25) is 0 Å². The van der Waals surface area contributed by atoms with E-state index in [4.69, 9.17) is 23.7 Å². The number of hydrogen-bond donors (Lipinski definition) is 1. The smallest absolute Gasteiger partial charge is 0.330 e. The Morgan fingerprint density at radius 2 is 1.65 bits per heavy atom. The number of esters is 1. The summed E-state index contributed by atoms with van der Waals surface area (Å²) in [5.41, 5.74) is 1.95. The fraction of sp³-hybridized carbons (Fsp3) is 0.375. The third-order valence-electron chi connectivity index (χ3n) is 4.95. The fourth-order valence-corrected chi connectivity index (χ4v) is 3.37. The number of rotatable bonds is 10. The molecule has 0 aromatic heterocycles. The van der Waals surface area contributed by atoms with Crippen LogP contribution in [0.25, 0.3) is 0 Å². The van der Waals surface area contributed by atoms with Crippen LogP contribution in [0.2, 0.25) is 0 Å². The Hall–Kier alpha value is -2.55. The van der Waals surface area contributed by atoms with Gasteiger partial charge < -0.3 is 28.8 Å². The van der Waals surface area contributed by atoms with Crippen LogP contribution < -0.4 is 0 Å². The van der Waals surface area contributed by atoms with Gasteiger partial charge in [0.15, 0.2) is 12.4 Å². The lowest BCUT2D eigenvalue weighted by Crippen LogP contribution is -2.61. The van der Waals surface area contributed by atoms with Crippen LogP contribution in [0, 0.1) is 0 Å². The van der Waals surface area contributed by atoms with Gasteiger partial charge in [-0.3, -0.25) is 0 Å². The van der Waals surface area contributed by atoms with Gasteiger partial charge in [0.25, 0.3) is 0 Å². The predicted molar refractivity (Wildman–Crippen MR) is 113 cm³/mol. The van der Waals surface area contributed by atoms with Crippen LogP contribution in [0.4, 0.5) is 0 Å². The number of hydrogen-bond acceptors (Lipinski definition) is 7. The molecule has 0 amide bonds. The quantitative estimate of drug-likeness (QED) is 0.460. The number of carbonyl (C=O) groups is 1. The van der Waals surface area contributed by atoms with E-state index in [-0.39, 0.29) is 13.2 Å². The Morgan fingerprint density at radius 1 is 1.03 bits per heavy atom. The summed E-state index contributed by atoms with van der Waals surface area (Å²) in [4.78, 5) is 11.8. The molecule has 1 aliphatic rings. The highest BCUT2D eigenvalue weighted by molar-refractivity contribution is 5.81. The number of methoxy groups -OCH3 is 1. The molecule has 3 rings (SSSR count). The first-order valence-corrected chi connectivity index (χ1v) is 10.1. The minimum Gasteiger partial charge on any atom is -0.451 e. The van der Waals surface area contributed by atoms with Crippen LogP contribution in [-0.4, -0.2) is 55.5 Å². The van der Waals surface area contributed by atoms with E-state index in [1.54, 1.807) is 0 Å². The van der Waals surface area contributed by atoms with Crippen LogP contribution >= 0.6 is 0 Å². The minimum absolute atomic E-state index is 0.160. The van der Waals surface area contributed by atoms with Gasteiger partial charge in [-0.2, -0.15) is 0 Å². The fourth-order valence-electron chi connectivity index (χ4n) is 3.37. The second-order valence-corrected chi connectivity index (χ2v) is 7.14. The number of aliphatic hydroxyl groups is 1. The molecule has 1 aliphatic heterocycles. The minimum atomic E-state index is -1.18. The molecule has 0 spiro atoms. The Bertz CT molecular complexity index is 811. The molecule has 0 radical (unpaired) electrons. The molecule has 0 unspecified atom stereocenters. The van der Waals surface area contributed by atoms with E-state index in [2.05, 4.69) is 6.58 Å². The van der Waals surface area contributed by atoms with E-state index in [0.717, 1.165) is 17.2 Å². The van der Waals surface area contributed by atoms with Gasteiger partial charge in [0, 0.05) is 13.2 Å². The van der Waals surface area contributed by atoms with Crippen molar-refractivity contribution in [3.05, 3.63) is 84.4 Å². The van der Waals surface area contributed by atoms with E-state index in [9.17, 15) is 9.90 Å². The maximum absolute atomic E-state index is 11.8. The van der Waals surface area contributed by atoms with Gasteiger partial charge in [0.1, 0.15) is 18.3 Å². The van der Waals surface area contributed by atoms with Crippen molar-refractivity contribution in [1.82, 2.24) is 0 Å². The third-order valence-corrected chi connectivity index (χ3v) is 4.95. The van der Waals surface area contributed by atoms with Crippen molar-refractivity contribution in [2.45, 2.75) is 43.9 Å². The highest BCUT2D eigenvalue weighted by Crippen LogP contribution is 2.28. The molecule has 0 aliphatic carbocycles. The standard InChI is InChI=1S/C24H28O7/c1-3-20(25)31-23-21(26)22(29-15-18-12-8-5-9-13-18)19(30-24(23)27-2)16-28-14-17-10-6-4-7-11-17/h3-13,19,21-24,26H,1,14-16H2,2H3/t19-,21+,22-,23+,24+/m1/s1. The van der Waals surface area contributed by atoms with Crippen LogP contribution in [0.3, 0.4) is 0 Å². The Kier molecular flexibility index (Phi) is 8.75. The molecule has 5 atom stereocenters. The molecule has 166 valence electrons. The first-order chi connectivity index (χ1) is 15.1. The van der Waals surface area contributed by atoms with Gasteiger partial charge in [-0.05, 0) is 11.1 Å². The maximum Gasteiger partial charge on any atom is 0.330 e. The Morgan fingerprint density at radius 3 is 2.23 bits per heavy atom. The molecular formula is C24H28O7. The van der Waals surface area contributed by atoms with Crippen molar-refractivity contribution in [1.29, 1.82) is 0 Å². The lowest BCUT2D eigenvalue weighted by molar-refractivity contribution is -0.307. The van der Waals surface area contributed by atoms with Crippen LogP contribution in [-0.2, 0) is 41.7 Å². The monoisotopic (exact) mass is 428 g/mol. The van der Waals surface area contributed by atoms with Gasteiger partial charge in [-0.15, -0.1) is 0 Å². The molecule has 7 heteroatoms. The van der Waals surface area contributed by atoms with Crippen molar-refractivity contribution in [3.8, 4) is 0 Å². The SMILES string of the molecule is C=CC(=O)O[C@@H]1[C@@H](OC)O[C@H](COCc2ccccc2)[C@@H](OCc2ccccc2)[C@@H]1O. The molecular weight excluding hydrogens is 400 g/mol. The Balaban J connectivity index is 1.71. The summed E-state index contributed by atoms with van der Waals surface area (Å²) in [5.74, 6) is -0.685. The predicted octanol–water partition coefficient (Wildman–Crippen LogP) is 2.62. The van der Waals surface area contributed by atoms with Gasteiger partial charge >= 0.3 is 5.97 Å². The molecule has 0 saturated carbocycles. The molecule has 1 N–H and O–H groups in total. The molecule has 31 heavy (non-hydrogen) atoms. The summed E-state index contributed by atoms with van der Waals surface area (Å²) in [6.45, 7) is 4.19. The van der Waals surface area contributed by atoms with Crippen LogP contribution in [0.5, 0.6) is 0 Å². The first kappa shape index (κ1) is 23.1. The van der Waals surface area contributed by atoms with Gasteiger partial charge in [0.05, 0.1) is 19.8 Å². The zero-order valence-corrected chi connectivity index (χ0v) is 17.5. The van der Waals surface area contributed by atoms with Crippen molar-refractivity contribution < 1.29 is 33.6 Å². The number of ether oxygens (including phenoxy) is 5. The number of aliphatic hydroxyl groups excluding tert-OH is 1. The van der Waals surface area contributed by atoms with E-state index in [1.165, 1.54) is 7.11 Å². The average Bonchev–Trinajstić information content (AvgIpc) is 2.81. The second kappa shape index (κ2) is 11.7. The summed E-state index contributed by atoms with van der Waals surface area (Å²) in [7, 11) is 1.42. The summed E-state index contributed by atoms with van der Waals surface area (Å²) < 4.78 is 28.4. The summed E-state index contributed by atoms with van der Waals surface area (Å²) in [6, 6.07) is 19.3. The highest BCUT2D eigenvalue weighted by Gasteiger charge is 2.48. The molecule has 1 heterocycles. The molecule has 1 fully saturated rings. The second-order valence-electron chi connectivity index (χ2n) is 7.14. The lowest BCUT2D eigenvalue weighted by atomic mass is 9.98. The van der Waals surface area contributed by atoms with E-state index in [0.29, 0.717) is 6.61 Å². The third kappa shape index (κ3) is 6.46. The summed E-state index contributed by atoms with van der Waals surface area (Å²) >= 11 is 0. The van der Waals surface area contributed by atoms with E-state index < -0.39 is 36.7 Å². The summed E-state index contributed by atoms with van der Waals surface area (Å²) in [6.07, 6.45) is -3.64. The van der Waals surface area contributed by atoms with Gasteiger partial charge in [-0.1, -0.05) is 67.2 Å². The molecule has 7 nitrogen and oxygen atoms in total. The van der Waals surface area contributed by atoms with Gasteiger partial charge in [-0.25, -0.2) is 4.79 Å². The maximum atomic E-state index is 11.8. The normalized spacial score (nSPS) is 25.7. The van der Waals surface area contributed by atoms with Crippen LogP contribution in [0.1, 0.15) is 11.1 Å². The zero-order chi connectivity index (χ0) is 22.1. The first-order valence-electron chi connectivity index (χ1n) is 10.1. The van der Waals surface area contributed by atoms with Crippen LogP contribution in [0.15, 0.2) is 73.3 Å². The van der Waals surface area contributed by atoms with E-state index in [1.807, 2.05) is 60.7 Å². The van der Waals surface area contributed by atoms with Crippen molar-refractivity contribution in [3.63, 3.8) is 0 Å². The largest absolute Gasteiger partial charge is 0.451 e.